The van der Waals surface area contributed by atoms with Crippen molar-refractivity contribution in [2.45, 2.75) is 47.5 Å². The van der Waals surface area contributed by atoms with Crippen molar-refractivity contribution in [1.82, 2.24) is 0 Å². The topological polar surface area (TPSA) is 69.7 Å². The van der Waals surface area contributed by atoms with Gasteiger partial charge in [0, 0.05) is 22.5 Å². The molecule has 0 heterocycles. The van der Waals surface area contributed by atoms with Crippen LogP contribution in [0.25, 0.3) is 0 Å². The minimum absolute atomic E-state index is 0.0696. The molecule has 0 N–H and O–H groups in total. The van der Waals surface area contributed by atoms with Crippen LogP contribution < -0.4 is 0 Å². The minimum atomic E-state index is -1.87. The standard InChI is InChI=1S/C32H38O5/c1-9-18-36-27(34)32(28(35)37-19-10-2)17-16-23(22-14-12-11-13-15-22)31(32)20-24(29(3,4)5)26(33)25(21-31)30(6,7)8/h9-17,20-21,23H,1-2,18-19H2,3-8H3. The highest BCUT2D eigenvalue weighted by atomic mass is 16.6. The molecule has 196 valence electrons. The van der Waals surface area contributed by atoms with Gasteiger partial charge in [-0.3, -0.25) is 14.4 Å². The molecule has 1 aromatic carbocycles. The summed E-state index contributed by atoms with van der Waals surface area (Å²) < 4.78 is 11.2. The van der Waals surface area contributed by atoms with Gasteiger partial charge in [0.25, 0.3) is 0 Å². The third kappa shape index (κ3) is 4.79. The number of ketones is 1. The Labute approximate surface area is 220 Å². The predicted octanol–water partition coefficient (Wildman–Crippen LogP) is 6.30. The second-order valence-corrected chi connectivity index (χ2v) is 11.7. The molecule has 0 aromatic heterocycles. The first-order valence-electron chi connectivity index (χ1n) is 12.6. The Bertz CT molecular complexity index is 1120. The zero-order chi connectivity index (χ0) is 27.6. The van der Waals surface area contributed by atoms with Crippen LogP contribution in [-0.4, -0.2) is 30.9 Å². The van der Waals surface area contributed by atoms with Gasteiger partial charge in [-0.05, 0) is 16.4 Å². The van der Waals surface area contributed by atoms with E-state index in [1.54, 1.807) is 6.08 Å². The monoisotopic (exact) mass is 502 g/mol. The van der Waals surface area contributed by atoms with Gasteiger partial charge in [0.05, 0.1) is 0 Å². The molecule has 0 fully saturated rings. The van der Waals surface area contributed by atoms with Gasteiger partial charge in [-0.2, -0.15) is 0 Å². The number of ether oxygens (including phenoxy) is 2. The molecule has 0 amide bonds. The SMILES string of the molecule is C=CCOC(=O)C1(C(=O)OCC=C)C=CC(c2ccccc2)C12C=C(C(C)(C)C)C(=O)C(C(C)(C)C)=C2. The molecule has 1 atom stereocenters. The van der Waals surface area contributed by atoms with E-state index < -0.39 is 39.5 Å². The summed E-state index contributed by atoms with van der Waals surface area (Å²) in [6, 6.07) is 9.67. The number of allylic oxidation sites excluding steroid dienone is 5. The van der Waals surface area contributed by atoms with Crippen LogP contribution in [0.3, 0.4) is 0 Å². The first-order chi connectivity index (χ1) is 17.3. The van der Waals surface area contributed by atoms with E-state index in [9.17, 15) is 14.4 Å². The second kappa shape index (κ2) is 10.1. The lowest BCUT2D eigenvalue weighted by atomic mass is 9.54. The Morgan fingerprint density at radius 1 is 0.865 bits per heavy atom. The smallest absolute Gasteiger partial charge is 0.329 e. The number of hydrogen-bond acceptors (Lipinski definition) is 5. The van der Waals surface area contributed by atoms with E-state index in [1.165, 1.54) is 12.2 Å². The fourth-order valence-corrected chi connectivity index (χ4v) is 5.22. The van der Waals surface area contributed by atoms with Crippen molar-refractivity contribution in [3.63, 3.8) is 0 Å². The molecule has 5 nitrogen and oxygen atoms in total. The summed E-state index contributed by atoms with van der Waals surface area (Å²) in [5, 5.41) is 0. The molecule has 0 saturated carbocycles. The lowest BCUT2D eigenvalue weighted by Crippen LogP contribution is -2.54. The highest BCUT2D eigenvalue weighted by Crippen LogP contribution is 2.63. The first kappa shape index (κ1) is 28.1. The fraction of sp³-hybridized carbons (Fsp3) is 0.406. The zero-order valence-electron chi connectivity index (χ0n) is 22.8. The summed E-state index contributed by atoms with van der Waals surface area (Å²) in [5.41, 5.74) is -2.28. The van der Waals surface area contributed by atoms with Gasteiger partial charge in [0.15, 0.2) is 11.2 Å². The Hall–Kier alpha value is -3.47. The number of benzene rings is 1. The van der Waals surface area contributed by atoms with Crippen molar-refractivity contribution >= 4 is 17.7 Å². The summed E-state index contributed by atoms with van der Waals surface area (Å²) in [4.78, 5) is 41.8. The molecule has 0 aliphatic heterocycles. The van der Waals surface area contributed by atoms with Crippen molar-refractivity contribution in [3.8, 4) is 0 Å². The van der Waals surface area contributed by atoms with E-state index in [2.05, 4.69) is 13.2 Å². The van der Waals surface area contributed by atoms with Crippen molar-refractivity contribution in [2.75, 3.05) is 13.2 Å². The molecule has 0 radical (unpaired) electrons. The third-order valence-corrected chi connectivity index (χ3v) is 7.08. The third-order valence-electron chi connectivity index (χ3n) is 7.08. The molecule has 1 aromatic rings. The number of hydrogen-bond donors (Lipinski definition) is 0. The lowest BCUT2D eigenvalue weighted by Gasteiger charge is -2.47. The van der Waals surface area contributed by atoms with E-state index in [0.29, 0.717) is 11.1 Å². The summed E-state index contributed by atoms with van der Waals surface area (Å²) in [5.74, 6) is -2.03. The van der Waals surface area contributed by atoms with Gasteiger partial charge in [0.2, 0.25) is 0 Å². The molecule has 5 heteroatoms. The van der Waals surface area contributed by atoms with Crippen LogP contribution in [0.2, 0.25) is 0 Å². The van der Waals surface area contributed by atoms with Gasteiger partial charge in [0.1, 0.15) is 13.2 Å². The van der Waals surface area contributed by atoms with Crippen molar-refractivity contribution in [1.29, 1.82) is 0 Å². The van der Waals surface area contributed by atoms with Crippen LogP contribution in [0, 0.1) is 21.7 Å². The highest BCUT2D eigenvalue weighted by molar-refractivity contribution is 6.13. The summed E-state index contributed by atoms with van der Waals surface area (Å²) >= 11 is 0. The fourth-order valence-electron chi connectivity index (χ4n) is 5.22. The highest BCUT2D eigenvalue weighted by Gasteiger charge is 2.68. The Kier molecular flexibility index (Phi) is 7.69. The van der Waals surface area contributed by atoms with Crippen molar-refractivity contribution < 1.29 is 23.9 Å². The number of Topliss-reactive ketones (excluding diaryl/α,β-unsaturated/α-hetero) is 1. The average Bonchev–Trinajstić information content (AvgIpc) is 3.16. The Morgan fingerprint density at radius 2 is 1.32 bits per heavy atom. The number of rotatable bonds is 7. The maximum absolute atomic E-state index is 14.0. The summed E-state index contributed by atoms with van der Waals surface area (Å²) in [6.07, 6.45) is 10.0. The molecule has 3 rings (SSSR count). The Balaban J connectivity index is 2.49. The Morgan fingerprint density at radius 3 is 1.73 bits per heavy atom. The van der Waals surface area contributed by atoms with Crippen LogP contribution in [0.4, 0.5) is 0 Å². The van der Waals surface area contributed by atoms with Crippen molar-refractivity contribution in [2.24, 2.45) is 21.7 Å². The maximum Gasteiger partial charge on any atom is 0.329 e. The molecule has 0 saturated heterocycles. The van der Waals surface area contributed by atoms with Crippen LogP contribution in [-0.2, 0) is 23.9 Å². The van der Waals surface area contributed by atoms with E-state index in [0.717, 1.165) is 5.56 Å². The van der Waals surface area contributed by atoms with Crippen LogP contribution >= 0.6 is 0 Å². The van der Waals surface area contributed by atoms with Gasteiger partial charge in [-0.25, -0.2) is 0 Å². The predicted molar refractivity (Wildman–Crippen MR) is 146 cm³/mol. The van der Waals surface area contributed by atoms with Gasteiger partial charge >= 0.3 is 11.9 Å². The molecule has 1 unspecified atom stereocenters. The van der Waals surface area contributed by atoms with E-state index in [4.69, 9.17) is 9.47 Å². The van der Waals surface area contributed by atoms with Crippen LogP contribution in [0.1, 0.15) is 53.0 Å². The summed E-state index contributed by atoms with van der Waals surface area (Å²) in [6.45, 7) is 18.9. The summed E-state index contributed by atoms with van der Waals surface area (Å²) in [7, 11) is 0. The number of esters is 2. The molecule has 1 spiro atoms. The number of carbonyl (C=O) groups excluding carboxylic acids is 3. The van der Waals surface area contributed by atoms with E-state index >= 15 is 0 Å². The average molecular weight is 503 g/mol. The molecule has 37 heavy (non-hydrogen) atoms. The molecule has 2 aliphatic carbocycles. The van der Waals surface area contributed by atoms with Crippen molar-refractivity contribution in [3.05, 3.63) is 96.7 Å². The lowest BCUT2D eigenvalue weighted by molar-refractivity contribution is -0.172. The quantitative estimate of drug-likeness (QED) is 0.249. The van der Waals surface area contributed by atoms with Gasteiger partial charge < -0.3 is 9.47 Å². The second-order valence-electron chi connectivity index (χ2n) is 11.7. The van der Waals surface area contributed by atoms with E-state index in [1.807, 2.05) is 90.1 Å². The number of carbonyl (C=O) groups is 3. The molecular weight excluding hydrogens is 464 g/mol. The van der Waals surface area contributed by atoms with Gasteiger partial charge in [-0.1, -0.05) is 121 Å². The molecule has 0 bridgehead atoms. The van der Waals surface area contributed by atoms with Crippen LogP contribution in [0.5, 0.6) is 0 Å². The molecular formula is C32H38O5. The largest absolute Gasteiger partial charge is 0.460 e. The first-order valence-corrected chi connectivity index (χ1v) is 12.6. The maximum atomic E-state index is 14.0. The van der Waals surface area contributed by atoms with Crippen LogP contribution in [0.15, 0.2) is 91.1 Å². The molecule has 2 aliphatic rings. The van der Waals surface area contributed by atoms with Gasteiger partial charge in [-0.15, -0.1) is 0 Å². The normalized spacial score (nSPS) is 20.2. The minimum Gasteiger partial charge on any atom is -0.460 e. The zero-order valence-corrected chi connectivity index (χ0v) is 22.8. The van der Waals surface area contributed by atoms with E-state index in [-0.39, 0.29) is 19.0 Å².